The minimum atomic E-state index is 0.136. The molecule has 2 rings (SSSR count). The smallest absolute Gasteiger partial charge is 0.256 e. The molecule has 0 saturated heterocycles. The summed E-state index contributed by atoms with van der Waals surface area (Å²) in [6.07, 6.45) is 0.887. The number of oxazole rings is 1. The molecular weight excluding hydrogens is 260 g/mol. The second-order valence-electron chi connectivity index (χ2n) is 4.79. The van der Waals surface area contributed by atoms with Crippen LogP contribution in [0.25, 0.3) is 11.1 Å². The number of aliphatic hydroxyl groups excluding tert-OH is 1. The molecule has 0 aliphatic heterocycles. The summed E-state index contributed by atoms with van der Waals surface area (Å²) in [6.45, 7) is 4.32. The summed E-state index contributed by atoms with van der Waals surface area (Å²) < 4.78 is 5.63. The van der Waals surface area contributed by atoms with Crippen LogP contribution < -0.4 is 5.32 Å². The number of thioether (sulfide) groups is 1. The highest BCUT2D eigenvalue weighted by atomic mass is 32.2. The molecule has 19 heavy (non-hydrogen) atoms. The second-order valence-corrected chi connectivity index (χ2v) is 5.83. The average Bonchev–Trinajstić information content (AvgIpc) is 2.79. The van der Waals surface area contributed by atoms with Gasteiger partial charge in [-0.1, -0.05) is 37.7 Å². The fraction of sp³-hybridized carbons (Fsp3) is 0.500. The van der Waals surface area contributed by atoms with E-state index < -0.39 is 0 Å². The van der Waals surface area contributed by atoms with Gasteiger partial charge in [-0.05, 0) is 18.6 Å². The maximum absolute atomic E-state index is 9.28. The van der Waals surface area contributed by atoms with Crippen molar-refractivity contribution in [2.45, 2.75) is 37.6 Å². The lowest BCUT2D eigenvalue weighted by atomic mass is 10.2. The molecule has 0 radical (unpaired) electrons. The van der Waals surface area contributed by atoms with Crippen LogP contribution in [-0.4, -0.2) is 34.5 Å². The quantitative estimate of drug-likeness (QED) is 0.764. The van der Waals surface area contributed by atoms with E-state index in [-0.39, 0.29) is 12.6 Å². The van der Waals surface area contributed by atoms with Gasteiger partial charge in [0.05, 0.1) is 6.61 Å². The topological polar surface area (TPSA) is 58.3 Å². The Bertz CT molecular complexity index is 480. The Morgan fingerprint density at radius 1 is 1.37 bits per heavy atom. The Balaban J connectivity index is 1.84. The number of fused-ring (bicyclic) bond motifs is 1. The molecule has 104 valence electrons. The summed E-state index contributed by atoms with van der Waals surface area (Å²) in [5.74, 6) is 0.873. The molecule has 5 heteroatoms. The van der Waals surface area contributed by atoms with Crippen LogP contribution in [0, 0.1) is 0 Å². The Morgan fingerprint density at radius 2 is 2.16 bits per heavy atom. The van der Waals surface area contributed by atoms with Crippen molar-refractivity contribution < 1.29 is 9.52 Å². The SMILES string of the molecule is CC(C)NC(CO)CCSc1nc2ccccc2o1. The molecule has 1 heterocycles. The van der Waals surface area contributed by atoms with Gasteiger partial charge in [0.25, 0.3) is 5.22 Å². The van der Waals surface area contributed by atoms with Crippen LogP contribution in [0.4, 0.5) is 0 Å². The Morgan fingerprint density at radius 3 is 2.84 bits per heavy atom. The highest BCUT2D eigenvalue weighted by molar-refractivity contribution is 7.99. The summed E-state index contributed by atoms with van der Waals surface area (Å²) in [5.41, 5.74) is 1.72. The van der Waals surface area contributed by atoms with Gasteiger partial charge in [-0.2, -0.15) is 0 Å². The van der Waals surface area contributed by atoms with Gasteiger partial charge in [0, 0.05) is 17.8 Å². The first-order valence-corrected chi connectivity index (χ1v) is 7.53. The summed E-state index contributed by atoms with van der Waals surface area (Å²) in [4.78, 5) is 4.41. The van der Waals surface area contributed by atoms with Crippen molar-refractivity contribution in [3.05, 3.63) is 24.3 Å². The Labute approximate surface area is 117 Å². The lowest BCUT2D eigenvalue weighted by Crippen LogP contribution is -2.37. The normalized spacial score (nSPS) is 13.3. The molecule has 2 N–H and O–H groups in total. The van der Waals surface area contributed by atoms with E-state index in [2.05, 4.69) is 24.1 Å². The molecule has 0 bridgehead atoms. The molecule has 2 aromatic rings. The van der Waals surface area contributed by atoms with Crippen LogP contribution in [0.1, 0.15) is 20.3 Å². The number of nitrogens with zero attached hydrogens (tertiary/aromatic N) is 1. The number of para-hydroxylation sites is 2. The number of rotatable bonds is 7. The van der Waals surface area contributed by atoms with Crippen LogP contribution in [0.2, 0.25) is 0 Å². The van der Waals surface area contributed by atoms with Crippen molar-refractivity contribution in [1.29, 1.82) is 0 Å². The van der Waals surface area contributed by atoms with E-state index in [4.69, 9.17) is 4.42 Å². The lowest BCUT2D eigenvalue weighted by molar-refractivity contribution is 0.232. The Kier molecular flexibility index (Phi) is 5.24. The largest absolute Gasteiger partial charge is 0.431 e. The molecule has 1 aromatic carbocycles. The molecule has 0 saturated carbocycles. The molecule has 1 aromatic heterocycles. The third-order valence-corrected chi connectivity index (χ3v) is 3.62. The molecule has 0 amide bonds. The number of hydrogen-bond donors (Lipinski definition) is 2. The summed E-state index contributed by atoms with van der Waals surface area (Å²) in [6, 6.07) is 8.27. The summed E-state index contributed by atoms with van der Waals surface area (Å²) in [7, 11) is 0. The number of aromatic nitrogens is 1. The van der Waals surface area contributed by atoms with Crippen molar-refractivity contribution in [3.63, 3.8) is 0 Å². The zero-order valence-corrected chi connectivity index (χ0v) is 12.1. The van der Waals surface area contributed by atoms with Crippen LogP contribution in [0.15, 0.2) is 33.9 Å². The van der Waals surface area contributed by atoms with Gasteiger partial charge in [0.15, 0.2) is 5.58 Å². The van der Waals surface area contributed by atoms with Crippen molar-refractivity contribution in [3.8, 4) is 0 Å². The van der Waals surface area contributed by atoms with Gasteiger partial charge in [-0.25, -0.2) is 4.98 Å². The van der Waals surface area contributed by atoms with Crippen LogP contribution in [0.5, 0.6) is 0 Å². The molecular formula is C14H20N2O2S. The molecule has 1 atom stereocenters. The zero-order chi connectivity index (χ0) is 13.7. The molecule has 0 aliphatic carbocycles. The highest BCUT2D eigenvalue weighted by Gasteiger charge is 2.10. The van der Waals surface area contributed by atoms with Crippen molar-refractivity contribution in [1.82, 2.24) is 10.3 Å². The predicted molar refractivity (Wildman–Crippen MR) is 78.5 cm³/mol. The van der Waals surface area contributed by atoms with E-state index in [1.54, 1.807) is 11.8 Å². The monoisotopic (exact) mass is 280 g/mol. The lowest BCUT2D eigenvalue weighted by Gasteiger charge is -2.18. The van der Waals surface area contributed by atoms with Gasteiger partial charge in [-0.15, -0.1) is 0 Å². The standard InChI is InChI=1S/C14H20N2O2S/c1-10(2)15-11(9-17)7-8-19-14-16-12-5-3-4-6-13(12)18-14/h3-6,10-11,15,17H,7-9H2,1-2H3. The molecule has 0 aliphatic rings. The van der Waals surface area contributed by atoms with E-state index >= 15 is 0 Å². The van der Waals surface area contributed by atoms with Gasteiger partial charge < -0.3 is 14.8 Å². The number of aliphatic hydroxyl groups is 1. The molecule has 4 nitrogen and oxygen atoms in total. The fourth-order valence-electron chi connectivity index (χ4n) is 1.90. The summed E-state index contributed by atoms with van der Waals surface area (Å²) in [5, 5.41) is 13.3. The van der Waals surface area contributed by atoms with Crippen LogP contribution in [0.3, 0.4) is 0 Å². The van der Waals surface area contributed by atoms with Gasteiger partial charge >= 0.3 is 0 Å². The average molecular weight is 280 g/mol. The molecule has 0 spiro atoms. The fourth-order valence-corrected chi connectivity index (χ4v) is 2.79. The molecule has 0 fully saturated rings. The minimum Gasteiger partial charge on any atom is -0.431 e. The highest BCUT2D eigenvalue weighted by Crippen LogP contribution is 2.23. The number of benzene rings is 1. The minimum absolute atomic E-state index is 0.136. The van der Waals surface area contributed by atoms with E-state index in [1.165, 1.54) is 0 Å². The van der Waals surface area contributed by atoms with E-state index in [1.807, 2.05) is 24.3 Å². The van der Waals surface area contributed by atoms with Crippen LogP contribution >= 0.6 is 11.8 Å². The molecule has 1 unspecified atom stereocenters. The van der Waals surface area contributed by atoms with E-state index in [0.717, 1.165) is 23.3 Å². The third-order valence-electron chi connectivity index (χ3n) is 2.76. The predicted octanol–water partition coefficient (Wildman–Crippen LogP) is 2.67. The maximum Gasteiger partial charge on any atom is 0.256 e. The first-order valence-electron chi connectivity index (χ1n) is 6.54. The van der Waals surface area contributed by atoms with Gasteiger partial charge in [0.1, 0.15) is 5.52 Å². The van der Waals surface area contributed by atoms with Crippen LogP contribution in [-0.2, 0) is 0 Å². The first kappa shape index (κ1) is 14.4. The zero-order valence-electron chi connectivity index (χ0n) is 11.3. The maximum atomic E-state index is 9.28. The first-order chi connectivity index (χ1) is 9.19. The van der Waals surface area contributed by atoms with Crippen molar-refractivity contribution in [2.75, 3.05) is 12.4 Å². The second kappa shape index (κ2) is 6.93. The Hall–Kier alpha value is -1.04. The van der Waals surface area contributed by atoms with E-state index in [0.29, 0.717) is 11.3 Å². The van der Waals surface area contributed by atoms with E-state index in [9.17, 15) is 5.11 Å². The third kappa shape index (κ3) is 4.23. The van der Waals surface area contributed by atoms with Crippen molar-refractivity contribution in [2.24, 2.45) is 0 Å². The van der Waals surface area contributed by atoms with Gasteiger partial charge in [-0.3, -0.25) is 0 Å². The number of hydrogen-bond acceptors (Lipinski definition) is 5. The number of nitrogens with one attached hydrogen (secondary N) is 1. The summed E-state index contributed by atoms with van der Waals surface area (Å²) >= 11 is 1.59. The van der Waals surface area contributed by atoms with Crippen molar-refractivity contribution >= 4 is 22.9 Å². The van der Waals surface area contributed by atoms with Gasteiger partial charge in [0.2, 0.25) is 0 Å².